The van der Waals surface area contributed by atoms with E-state index in [1.54, 1.807) is 17.0 Å². The minimum absolute atomic E-state index is 0.0382. The van der Waals surface area contributed by atoms with Crippen LogP contribution >= 0.6 is 0 Å². The van der Waals surface area contributed by atoms with Gasteiger partial charge in [0.1, 0.15) is 11.9 Å². The van der Waals surface area contributed by atoms with Gasteiger partial charge in [0.15, 0.2) is 5.82 Å². The van der Waals surface area contributed by atoms with Crippen molar-refractivity contribution in [2.45, 2.75) is 43.6 Å². The van der Waals surface area contributed by atoms with Crippen LogP contribution in [0.15, 0.2) is 55.0 Å². The van der Waals surface area contributed by atoms with Crippen LogP contribution in [0.1, 0.15) is 35.2 Å². The number of fused-ring (bicyclic) bond motifs is 2. The second-order valence-corrected chi connectivity index (χ2v) is 8.02. The third-order valence-corrected chi connectivity index (χ3v) is 6.08. The number of halogens is 4. The standard InChI is InChI=1S/C23H18F4N4O2/c24-16-4-1-3-15(20(16)21-28-9-2-10-29-21)22(32)31-14-6-7-17(31)18(11-14)33-19-8-5-13(12-30-19)23(25,26)27/h1-5,8-10,12,14,17-18H,6-7,11H2/t14-,17+,18-/m1/s1. The fourth-order valence-electron chi connectivity index (χ4n) is 4.65. The first-order valence-corrected chi connectivity index (χ1v) is 10.4. The Morgan fingerprint density at radius 2 is 1.82 bits per heavy atom. The molecule has 0 radical (unpaired) electrons. The molecule has 2 aliphatic heterocycles. The zero-order valence-electron chi connectivity index (χ0n) is 17.2. The van der Waals surface area contributed by atoms with Gasteiger partial charge in [0, 0.05) is 37.1 Å². The molecule has 3 aromatic rings. The van der Waals surface area contributed by atoms with Crippen LogP contribution in [-0.2, 0) is 6.18 Å². The van der Waals surface area contributed by atoms with Crippen molar-refractivity contribution in [1.29, 1.82) is 0 Å². The molecule has 10 heteroatoms. The number of alkyl halides is 3. The summed E-state index contributed by atoms with van der Waals surface area (Å²) in [5.41, 5.74) is -0.663. The van der Waals surface area contributed by atoms with Crippen LogP contribution in [0.3, 0.4) is 0 Å². The molecule has 0 aliphatic carbocycles. The van der Waals surface area contributed by atoms with Crippen molar-refractivity contribution in [2.75, 3.05) is 0 Å². The van der Waals surface area contributed by atoms with Crippen molar-refractivity contribution >= 4 is 5.91 Å². The third-order valence-electron chi connectivity index (χ3n) is 6.08. The Morgan fingerprint density at radius 1 is 1.03 bits per heavy atom. The van der Waals surface area contributed by atoms with E-state index in [1.165, 1.54) is 30.6 Å². The maximum atomic E-state index is 14.7. The number of pyridine rings is 1. The lowest BCUT2D eigenvalue weighted by atomic mass is 9.98. The Kier molecular flexibility index (Phi) is 5.22. The van der Waals surface area contributed by atoms with Crippen molar-refractivity contribution in [1.82, 2.24) is 19.9 Å². The molecule has 2 aliphatic rings. The van der Waals surface area contributed by atoms with E-state index in [0.717, 1.165) is 18.7 Å². The smallest absolute Gasteiger partial charge is 0.417 e. The van der Waals surface area contributed by atoms with E-state index < -0.39 is 23.7 Å². The van der Waals surface area contributed by atoms with E-state index in [4.69, 9.17) is 4.74 Å². The van der Waals surface area contributed by atoms with Gasteiger partial charge in [-0.3, -0.25) is 4.79 Å². The van der Waals surface area contributed by atoms with Crippen molar-refractivity contribution in [2.24, 2.45) is 0 Å². The van der Waals surface area contributed by atoms with Crippen LogP contribution < -0.4 is 4.74 Å². The maximum absolute atomic E-state index is 14.7. The number of carbonyl (C=O) groups excluding carboxylic acids is 1. The van der Waals surface area contributed by atoms with E-state index in [1.807, 2.05) is 0 Å². The SMILES string of the molecule is O=C(c1cccc(F)c1-c1ncccn1)N1[C@@H]2CC[C@H]1[C@H](Oc1ccc(C(F)(F)F)cn1)C2. The third kappa shape index (κ3) is 3.90. The molecule has 1 amide bonds. The lowest BCUT2D eigenvalue weighted by Gasteiger charge is -2.25. The van der Waals surface area contributed by atoms with Crippen LogP contribution in [0.25, 0.3) is 11.4 Å². The molecule has 0 saturated carbocycles. The van der Waals surface area contributed by atoms with Gasteiger partial charge >= 0.3 is 6.18 Å². The fraction of sp³-hybridized carbons (Fsp3) is 0.304. The average molecular weight is 458 g/mol. The maximum Gasteiger partial charge on any atom is 0.417 e. The molecule has 1 aromatic carbocycles. The largest absolute Gasteiger partial charge is 0.472 e. The second kappa shape index (κ2) is 8.09. The number of ether oxygens (including phenoxy) is 1. The Hall–Kier alpha value is -3.56. The molecule has 0 unspecified atom stereocenters. The number of amides is 1. The first-order valence-electron chi connectivity index (χ1n) is 10.4. The van der Waals surface area contributed by atoms with Crippen molar-refractivity contribution < 1.29 is 27.1 Å². The van der Waals surface area contributed by atoms with Gasteiger partial charge in [-0.15, -0.1) is 0 Å². The van der Waals surface area contributed by atoms with E-state index in [2.05, 4.69) is 15.0 Å². The molecular weight excluding hydrogens is 440 g/mol. The zero-order valence-corrected chi connectivity index (χ0v) is 17.2. The molecule has 2 aromatic heterocycles. The zero-order chi connectivity index (χ0) is 23.2. The number of nitrogens with zero attached hydrogens (tertiary/aromatic N) is 4. The van der Waals surface area contributed by atoms with Crippen LogP contribution in [0.5, 0.6) is 5.88 Å². The topological polar surface area (TPSA) is 68.2 Å². The highest BCUT2D eigenvalue weighted by molar-refractivity contribution is 6.01. The molecule has 0 spiro atoms. The monoisotopic (exact) mass is 458 g/mol. The minimum atomic E-state index is -4.48. The molecule has 6 nitrogen and oxygen atoms in total. The van der Waals surface area contributed by atoms with Gasteiger partial charge in [0.25, 0.3) is 5.91 Å². The van der Waals surface area contributed by atoms with Crippen LogP contribution in [0, 0.1) is 5.82 Å². The second-order valence-electron chi connectivity index (χ2n) is 8.02. The number of aromatic nitrogens is 3. The van der Waals surface area contributed by atoms with Crippen molar-refractivity contribution in [3.63, 3.8) is 0 Å². The summed E-state index contributed by atoms with van der Waals surface area (Å²) >= 11 is 0. The summed E-state index contributed by atoms with van der Waals surface area (Å²) in [4.78, 5) is 27.2. The normalized spacial score (nSPS) is 21.9. The number of rotatable bonds is 4. The van der Waals surface area contributed by atoms with E-state index in [9.17, 15) is 22.4 Å². The number of benzene rings is 1. The summed E-state index contributed by atoms with van der Waals surface area (Å²) in [7, 11) is 0. The molecule has 0 N–H and O–H groups in total. The highest BCUT2D eigenvalue weighted by atomic mass is 19.4. The molecule has 4 heterocycles. The first kappa shape index (κ1) is 21.3. The predicted molar refractivity (Wildman–Crippen MR) is 109 cm³/mol. The van der Waals surface area contributed by atoms with Gasteiger partial charge in [-0.2, -0.15) is 13.2 Å². The quantitative estimate of drug-likeness (QED) is 0.538. The lowest BCUT2D eigenvalue weighted by Crippen LogP contribution is -2.39. The van der Waals surface area contributed by atoms with Gasteiger partial charge < -0.3 is 9.64 Å². The Morgan fingerprint density at radius 3 is 2.52 bits per heavy atom. The molecular formula is C23H18F4N4O2. The molecule has 2 saturated heterocycles. The summed E-state index contributed by atoms with van der Waals surface area (Å²) < 4.78 is 58.9. The van der Waals surface area contributed by atoms with E-state index in [-0.39, 0.29) is 40.8 Å². The number of hydrogen-bond donors (Lipinski definition) is 0. The summed E-state index contributed by atoms with van der Waals surface area (Å²) in [6, 6.07) is 7.55. The van der Waals surface area contributed by atoms with Gasteiger partial charge in [-0.1, -0.05) is 6.07 Å². The van der Waals surface area contributed by atoms with Crippen LogP contribution in [-0.4, -0.2) is 43.9 Å². The fourth-order valence-corrected chi connectivity index (χ4v) is 4.65. The highest BCUT2D eigenvalue weighted by Crippen LogP contribution is 2.41. The molecule has 2 bridgehead atoms. The highest BCUT2D eigenvalue weighted by Gasteiger charge is 2.50. The van der Waals surface area contributed by atoms with Gasteiger partial charge in [-0.25, -0.2) is 19.3 Å². The van der Waals surface area contributed by atoms with Gasteiger partial charge in [0.2, 0.25) is 5.88 Å². The number of carbonyl (C=O) groups is 1. The van der Waals surface area contributed by atoms with Gasteiger partial charge in [-0.05, 0) is 37.1 Å². The molecule has 33 heavy (non-hydrogen) atoms. The predicted octanol–water partition coefficient (Wildman–Crippen LogP) is 4.52. The number of hydrogen-bond acceptors (Lipinski definition) is 5. The molecule has 2 fully saturated rings. The minimum Gasteiger partial charge on any atom is -0.472 e. The molecule has 5 rings (SSSR count). The Balaban J connectivity index is 1.39. The van der Waals surface area contributed by atoms with E-state index in [0.29, 0.717) is 12.8 Å². The summed E-state index contributed by atoms with van der Waals surface area (Å²) in [6.45, 7) is 0. The van der Waals surface area contributed by atoms with Crippen LogP contribution in [0.2, 0.25) is 0 Å². The average Bonchev–Trinajstić information content (AvgIpc) is 3.36. The Labute approximate surface area is 186 Å². The van der Waals surface area contributed by atoms with Crippen LogP contribution in [0.4, 0.5) is 17.6 Å². The van der Waals surface area contributed by atoms with E-state index >= 15 is 0 Å². The molecule has 170 valence electrons. The lowest BCUT2D eigenvalue weighted by molar-refractivity contribution is -0.137. The molecule has 3 atom stereocenters. The van der Waals surface area contributed by atoms with Crippen molar-refractivity contribution in [3.8, 4) is 17.3 Å². The van der Waals surface area contributed by atoms with Gasteiger partial charge in [0.05, 0.1) is 22.7 Å². The summed E-state index contributed by atoms with van der Waals surface area (Å²) in [6.07, 6.45) is 0.744. The summed E-state index contributed by atoms with van der Waals surface area (Å²) in [5, 5.41) is 0. The first-order chi connectivity index (χ1) is 15.8. The summed E-state index contributed by atoms with van der Waals surface area (Å²) in [5.74, 6) is -0.763. The Bertz CT molecular complexity index is 1170. The van der Waals surface area contributed by atoms with Crippen molar-refractivity contribution in [3.05, 3.63) is 71.9 Å².